The van der Waals surface area contributed by atoms with Crippen molar-refractivity contribution in [2.75, 3.05) is 19.5 Å². The van der Waals surface area contributed by atoms with Gasteiger partial charge in [0.05, 0.1) is 28.3 Å². The van der Waals surface area contributed by atoms with E-state index in [2.05, 4.69) is 12.6 Å². The van der Waals surface area contributed by atoms with E-state index in [4.69, 9.17) is 21.1 Å². The Balaban J connectivity index is 2.17. The summed E-state index contributed by atoms with van der Waals surface area (Å²) in [5.74, 6) is -0.968. The normalized spacial score (nSPS) is 11.0. The Morgan fingerprint density at radius 3 is 2.68 bits per heavy atom. The van der Waals surface area contributed by atoms with Gasteiger partial charge in [0.25, 0.3) is 5.91 Å². The van der Waals surface area contributed by atoms with E-state index in [1.807, 2.05) is 0 Å². The quantitative estimate of drug-likeness (QED) is 0.451. The molecule has 1 aromatic carbocycles. The number of nitrogens with zero attached hydrogens (tertiary/aromatic N) is 1. The zero-order chi connectivity index (χ0) is 20.4. The second-order valence-corrected chi connectivity index (χ2v) is 8.10. The highest BCUT2D eigenvalue weighted by molar-refractivity contribution is 7.80. The zero-order valence-electron chi connectivity index (χ0n) is 15.1. The van der Waals surface area contributed by atoms with Crippen LogP contribution in [0.4, 0.5) is 4.39 Å². The topological polar surface area (TPSA) is 57.5 Å². The standard InChI is InChI=1S/C19H17ClFNO4S2/c1-10-11(8-18(23)26-5-6-27)12-7-15(25-2)13(21)9-14(12)22(10)19(24)16-3-4-17(20)28-16/h3-4,7,9,27H,5-6,8H2,1-2H3. The maximum absolute atomic E-state index is 14.4. The largest absolute Gasteiger partial charge is 0.494 e. The maximum Gasteiger partial charge on any atom is 0.310 e. The van der Waals surface area contributed by atoms with Crippen LogP contribution >= 0.6 is 35.6 Å². The van der Waals surface area contributed by atoms with E-state index in [0.29, 0.717) is 37.1 Å². The van der Waals surface area contributed by atoms with E-state index < -0.39 is 11.8 Å². The number of carbonyl (C=O) groups is 2. The molecule has 0 radical (unpaired) electrons. The molecule has 0 N–H and O–H groups in total. The third-order valence-corrected chi connectivity index (χ3v) is 5.67. The average molecular weight is 442 g/mol. The molecule has 5 nitrogen and oxygen atoms in total. The third-order valence-electron chi connectivity index (χ3n) is 4.27. The molecule has 2 aromatic heterocycles. The average Bonchev–Trinajstić information content (AvgIpc) is 3.21. The number of esters is 1. The molecule has 0 amide bonds. The van der Waals surface area contributed by atoms with Crippen molar-refractivity contribution in [3.05, 3.63) is 50.6 Å². The fourth-order valence-electron chi connectivity index (χ4n) is 3.02. The van der Waals surface area contributed by atoms with Crippen LogP contribution in [0.3, 0.4) is 0 Å². The summed E-state index contributed by atoms with van der Waals surface area (Å²) in [4.78, 5) is 25.6. The van der Waals surface area contributed by atoms with Crippen LogP contribution in [-0.2, 0) is 16.0 Å². The summed E-state index contributed by atoms with van der Waals surface area (Å²) in [6.07, 6.45) is -0.0592. The number of benzene rings is 1. The van der Waals surface area contributed by atoms with E-state index in [9.17, 15) is 14.0 Å². The molecule has 28 heavy (non-hydrogen) atoms. The first-order valence-corrected chi connectivity index (χ1v) is 10.1. The molecule has 3 aromatic rings. The number of aromatic nitrogens is 1. The van der Waals surface area contributed by atoms with Crippen molar-refractivity contribution in [1.82, 2.24) is 4.57 Å². The Hall–Kier alpha value is -2.03. The maximum atomic E-state index is 14.4. The molecule has 0 saturated heterocycles. The minimum atomic E-state index is -0.602. The minimum Gasteiger partial charge on any atom is -0.494 e. The van der Waals surface area contributed by atoms with E-state index in [1.54, 1.807) is 19.1 Å². The predicted octanol–water partition coefficient (Wildman–Crippen LogP) is 4.52. The summed E-state index contributed by atoms with van der Waals surface area (Å²) in [6.45, 7) is 1.89. The molecule has 0 spiro atoms. The second-order valence-electron chi connectivity index (χ2n) is 5.93. The van der Waals surface area contributed by atoms with Crippen molar-refractivity contribution in [1.29, 1.82) is 0 Å². The number of methoxy groups -OCH3 is 1. The van der Waals surface area contributed by atoms with Crippen LogP contribution in [0.15, 0.2) is 24.3 Å². The van der Waals surface area contributed by atoms with Gasteiger partial charge < -0.3 is 9.47 Å². The van der Waals surface area contributed by atoms with Gasteiger partial charge in [-0.05, 0) is 30.7 Å². The van der Waals surface area contributed by atoms with Gasteiger partial charge in [0.2, 0.25) is 0 Å². The molecule has 0 aliphatic heterocycles. The first-order chi connectivity index (χ1) is 13.4. The molecule has 148 valence electrons. The van der Waals surface area contributed by atoms with Crippen molar-refractivity contribution in [3.8, 4) is 5.75 Å². The highest BCUT2D eigenvalue weighted by Gasteiger charge is 2.24. The molecule has 9 heteroatoms. The van der Waals surface area contributed by atoms with Crippen molar-refractivity contribution < 1.29 is 23.5 Å². The van der Waals surface area contributed by atoms with Crippen molar-refractivity contribution in [2.24, 2.45) is 0 Å². The van der Waals surface area contributed by atoms with Gasteiger partial charge in [-0.15, -0.1) is 11.3 Å². The molecule has 0 aliphatic rings. The monoisotopic (exact) mass is 441 g/mol. The number of hydrogen-bond acceptors (Lipinski definition) is 6. The first-order valence-electron chi connectivity index (χ1n) is 8.31. The number of fused-ring (bicyclic) bond motifs is 1. The van der Waals surface area contributed by atoms with Gasteiger partial charge in [0, 0.05) is 22.9 Å². The number of hydrogen-bond donors (Lipinski definition) is 1. The van der Waals surface area contributed by atoms with Gasteiger partial charge in [0.15, 0.2) is 11.6 Å². The molecule has 0 fully saturated rings. The Kier molecular flexibility index (Phi) is 6.32. The van der Waals surface area contributed by atoms with Gasteiger partial charge in [-0.25, -0.2) is 4.39 Å². The Morgan fingerprint density at radius 2 is 2.07 bits per heavy atom. The van der Waals surface area contributed by atoms with Gasteiger partial charge >= 0.3 is 5.97 Å². The number of halogens is 2. The third kappa shape index (κ3) is 3.90. The Labute approximate surface area is 175 Å². The Morgan fingerprint density at radius 1 is 1.32 bits per heavy atom. The number of carbonyl (C=O) groups excluding carboxylic acids is 2. The highest BCUT2D eigenvalue weighted by Crippen LogP contribution is 2.33. The lowest BCUT2D eigenvalue weighted by Gasteiger charge is -2.07. The van der Waals surface area contributed by atoms with Crippen molar-refractivity contribution in [3.63, 3.8) is 0 Å². The van der Waals surface area contributed by atoms with Crippen LogP contribution in [-0.4, -0.2) is 35.9 Å². The van der Waals surface area contributed by atoms with Crippen LogP contribution in [0.25, 0.3) is 10.9 Å². The Bertz CT molecular complexity index is 1060. The van der Waals surface area contributed by atoms with E-state index >= 15 is 0 Å². The second kappa shape index (κ2) is 8.55. The smallest absolute Gasteiger partial charge is 0.310 e. The first kappa shape index (κ1) is 20.7. The van der Waals surface area contributed by atoms with Crippen molar-refractivity contribution in [2.45, 2.75) is 13.3 Å². The van der Waals surface area contributed by atoms with Gasteiger partial charge in [-0.3, -0.25) is 14.2 Å². The molecule has 0 aliphatic carbocycles. The summed E-state index contributed by atoms with van der Waals surface area (Å²) >= 11 is 11.1. The van der Waals surface area contributed by atoms with Crippen LogP contribution in [0.1, 0.15) is 20.9 Å². The van der Waals surface area contributed by atoms with Gasteiger partial charge in [-0.1, -0.05) is 11.6 Å². The fraction of sp³-hybridized carbons (Fsp3) is 0.263. The highest BCUT2D eigenvalue weighted by atomic mass is 35.5. The number of ether oxygens (including phenoxy) is 2. The summed E-state index contributed by atoms with van der Waals surface area (Å²) in [5.41, 5.74) is 1.45. The SMILES string of the molecule is COc1cc2c(CC(=O)OCCS)c(C)n(C(=O)c3ccc(Cl)s3)c2cc1F. The number of rotatable bonds is 6. The predicted molar refractivity (Wildman–Crippen MR) is 111 cm³/mol. The zero-order valence-corrected chi connectivity index (χ0v) is 17.6. The molecule has 2 heterocycles. The summed E-state index contributed by atoms with van der Waals surface area (Å²) in [6, 6.07) is 5.96. The summed E-state index contributed by atoms with van der Waals surface area (Å²) < 4.78 is 26.4. The number of thiophene rings is 1. The number of thiol groups is 1. The molecule has 0 atom stereocenters. The lowest BCUT2D eigenvalue weighted by atomic mass is 10.1. The van der Waals surface area contributed by atoms with Crippen LogP contribution < -0.4 is 4.74 Å². The summed E-state index contributed by atoms with van der Waals surface area (Å²) in [5, 5.41) is 0.551. The molecular formula is C19H17ClFNO4S2. The molecule has 0 unspecified atom stereocenters. The van der Waals surface area contributed by atoms with E-state index in [0.717, 1.165) is 11.3 Å². The van der Waals surface area contributed by atoms with E-state index in [1.165, 1.54) is 23.8 Å². The van der Waals surface area contributed by atoms with Crippen LogP contribution in [0.2, 0.25) is 4.34 Å². The van der Waals surface area contributed by atoms with E-state index in [-0.39, 0.29) is 24.7 Å². The summed E-state index contributed by atoms with van der Waals surface area (Å²) in [7, 11) is 1.35. The van der Waals surface area contributed by atoms with Gasteiger partial charge in [0.1, 0.15) is 6.61 Å². The minimum absolute atomic E-state index is 0.0289. The molecular weight excluding hydrogens is 425 g/mol. The van der Waals surface area contributed by atoms with Crippen LogP contribution in [0, 0.1) is 12.7 Å². The van der Waals surface area contributed by atoms with Crippen LogP contribution in [0.5, 0.6) is 5.75 Å². The van der Waals surface area contributed by atoms with Crippen molar-refractivity contribution >= 4 is 58.3 Å². The lowest BCUT2D eigenvalue weighted by molar-refractivity contribution is -0.142. The fourth-order valence-corrected chi connectivity index (χ4v) is 4.08. The lowest BCUT2D eigenvalue weighted by Crippen LogP contribution is -2.14. The molecule has 3 rings (SSSR count). The molecule has 0 bridgehead atoms. The molecule has 0 saturated carbocycles. The van der Waals surface area contributed by atoms with Gasteiger partial charge in [-0.2, -0.15) is 12.6 Å².